The van der Waals surface area contributed by atoms with Gasteiger partial charge in [-0.1, -0.05) is 18.2 Å². The molecule has 2 aliphatic heterocycles. The lowest BCUT2D eigenvalue weighted by molar-refractivity contribution is -0.192. The highest BCUT2D eigenvalue weighted by Crippen LogP contribution is 2.32. The molecule has 8 nitrogen and oxygen atoms in total. The number of anilines is 1. The summed E-state index contributed by atoms with van der Waals surface area (Å²) in [7, 11) is 0. The van der Waals surface area contributed by atoms with Crippen molar-refractivity contribution in [3.63, 3.8) is 0 Å². The van der Waals surface area contributed by atoms with Crippen LogP contribution in [-0.4, -0.2) is 48.9 Å². The summed E-state index contributed by atoms with van der Waals surface area (Å²) in [6.45, 7) is 4.71. The van der Waals surface area contributed by atoms with E-state index in [1.54, 1.807) is 4.90 Å². The van der Waals surface area contributed by atoms with Crippen LogP contribution >= 0.6 is 0 Å². The lowest BCUT2D eigenvalue weighted by atomic mass is 10.00. The molecule has 2 aliphatic rings. The number of benzene rings is 2. The van der Waals surface area contributed by atoms with Crippen LogP contribution in [0.3, 0.4) is 0 Å². The third-order valence-corrected chi connectivity index (χ3v) is 5.04. The first-order chi connectivity index (χ1) is 15.6. The number of imide groups is 1. The lowest BCUT2D eigenvalue weighted by Gasteiger charge is -2.28. The van der Waals surface area contributed by atoms with Crippen molar-refractivity contribution in [1.29, 1.82) is 0 Å². The van der Waals surface area contributed by atoms with Crippen molar-refractivity contribution < 1.29 is 37.4 Å². The number of rotatable bonds is 2. The Balaban J connectivity index is 0.000000383. The second-order valence-electron chi connectivity index (χ2n) is 7.41. The smallest absolute Gasteiger partial charge is 0.490 e. The van der Waals surface area contributed by atoms with Gasteiger partial charge in [-0.05, 0) is 41.8 Å². The molecule has 2 aromatic rings. The Morgan fingerprint density at radius 1 is 1.12 bits per heavy atom. The Morgan fingerprint density at radius 3 is 2.42 bits per heavy atom. The van der Waals surface area contributed by atoms with Crippen LogP contribution in [0.4, 0.5) is 23.7 Å². The maximum Gasteiger partial charge on any atom is 0.490 e. The zero-order chi connectivity index (χ0) is 24.2. The van der Waals surface area contributed by atoms with E-state index in [0.717, 1.165) is 46.8 Å². The minimum atomic E-state index is -5.08. The molecule has 11 heteroatoms. The second-order valence-corrected chi connectivity index (χ2v) is 7.41. The number of carbonyl (C=O) groups excluding carboxylic acids is 2. The zero-order valence-electron chi connectivity index (χ0n) is 17.7. The fourth-order valence-electron chi connectivity index (χ4n) is 3.40. The maximum absolute atomic E-state index is 12.1. The lowest BCUT2D eigenvalue weighted by Crippen LogP contribution is -2.49. The molecule has 3 N–H and O–H groups in total. The average Bonchev–Trinajstić information content (AvgIpc) is 2.99. The van der Waals surface area contributed by atoms with Crippen LogP contribution in [0.15, 0.2) is 36.4 Å². The Morgan fingerprint density at radius 2 is 1.79 bits per heavy atom. The van der Waals surface area contributed by atoms with E-state index in [0.29, 0.717) is 19.6 Å². The number of urea groups is 1. The molecule has 4 rings (SSSR count). The molecule has 0 bridgehead atoms. The number of carbonyl (C=O) groups is 3. The van der Waals surface area contributed by atoms with Crippen LogP contribution in [0.2, 0.25) is 0 Å². The third kappa shape index (κ3) is 6.01. The molecule has 0 spiro atoms. The maximum atomic E-state index is 12.1. The molecule has 2 aromatic carbocycles. The van der Waals surface area contributed by atoms with E-state index in [2.05, 4.69) is 34.9 Å². The highest BCUT2D eigenvalue weighted by atomic mass is 19.4. The summed E-state index contributed by atoms with van der Waals surface area (Å²) in [5, 5.41) is 12.8. The van der Waals surface area contributed by atoms with Gasteiger partial charge in [-0.3, -0.25) is 15.0 Å². The van der Waals surface area contributed by atoms with E-state index < -0.39 is 12.1 Å². The van der Waals surface area contributed by atoms with Gasteiger partial charge in [0.1, 0.15) is 12.4 Å². The molecule has 0 aromatic heterocycles. The molecule has 0 atom stereocenters. The Bertz CT molecular complexity index is 1070. The van der Waals surface area contributed by atoms with E-state index in [9.17, 15) is 22.8 Å². The third-order valence-electron chi connectivity index (χ3n) is 5.04. The van der Waals surface area contributed by atoms with E-state index in [1.807, 2.05) is 19.1 Å². The number of fused-ring (bicyclic) bond motifs is 1. The number of halogens is 3. The molecule has 0 aliphatic carbocycles. The van der Waals surface area contributed by atoms with Gasteiger partial charge in [0.15, 0.2) is 0 Å². The summed E-state index contributed by atoms with van der Waals surface area (Å²) in [5.74, 6) is -2.06. The molecule has 1 fully saturated rings. The van der Waals surface area contributed by atoms with Gasteiger partial charge in [0.25, 0.3) is 0 Å². The predicted octanol–water partition coefficient (Wildman–Crippen LogP) is 3.22. The van der Waals surface area contributed by atoms with Crippen molar-refractivity contribution >= 4 is 23.6 Å². The minimum Gasteiger partial charge on any atom is -0.492 e. The monoisotopic (exact) mass is 465 g/mol. The highest BCUT2D eigenvalue weighted by molar-refractivity contribution is 6.06. The van der Waals surface area contributed by atoms with Crippen molar-refractivity contribution in [3.8, 4) is 16.9 Å². The molecule has 33 heavy (non-hydrogen) atoms. The number of hydrogen-bond donors (Lipinski definition) is 3. The van der Waals surface area contributed by atoms with Crippen LogP contribution in [0.1, 0.15) is 17.5 Å². The minimum absolute atomic E-state index is 0.222. The van der Waals surface area contributed by atoms with Gasteiger partial charge in [0, 0.05) is 37.3 Å². The van der Waals surface area contributed by atoms with Crippen molar-refractivity contribution in [1.82, 2.24) is 10.6 Å². The summed E-state index contributed by atoms with van der Waals surface area (Å²) < 4.78 is 37.6. The first kappa shape index (κ1) is 24.1. The Kier molecular flexibility index (Phi) is 7.22. The molecule has 0 unspecified atom stereocenters. The van der Waals surface area contributed by atoms with Crippen LogP contribution < -0.4 is 20.3 Å². The molecule has 0 radical (unpaired) electrons. The number of amides is 3. The number of ether oxygens (including phenoxy) is 1. The van der Waals surface area contributed by atoms with E-state index in [4.69, 9.17) is 14.6 Å². The van der Waals surface area contributed by atoms with Gasteiger partial charge in [0.2, 0.25) is 5.91 Å². The summed E-state index contributed by atoms with van der Waals surface area (Å²) in [6, 6.07) is 11.9. The molecule has 176 valence electrons. The van der Waals surface area contributed by atoms with Gasteiger partial charge < -0.3 is 15.2 Å². The molecule has 1 saturated heterocycles. The number of aliphatic carboxylic acids is 1. The topological polar surface area (TPSA) is 108 Å². The second kappa shape index (κ2) is 9.90. The number of alkyl halides is 3. The van der Waals surface area contributed by atoms with Gasteiger partial charge in [-0.15, -0.1) is 0 Å². The fraction of sp³-hybridized carbons (Fsp3) is 0.318. The SMILES string of the molecule is Cc1cc(-c2ccc3c(c2)OCCNC3)ccc1N1CCC(=O)NC1=O.O=C(O)C(F)(F)F. The summed E-state index contributed by atoms with van der Waals surface area (Å²) >= 11 is 0. The Labute approximate surface area is 187 Å². The van der Waals surface area contributed by atoms with E-state index in [1.165, 1.54) is 0 Å². The largest absolute Gasteiger partial charge is 0.492 e. The van der Waals surface area contributed by atoms with E-state index in [-0.39, 0.29) is 11.9 Å². The number of carboxylic acid groups (broad SMARTS) is 1. The number of aryl methyl sites for hydroxylation is 1. The predicted molar refractivity (Wildman–Crippen MR) is 113 cm³/mol. The fourth-order valence-corrected chi connectivity index (χ4v) is 3.40. The summed E-state index contributed by atoms with van der Waals surface area (Å²) in [4.78, 5) is 33.9. The average molecular weight is 465 g/mol. The van der Waals surface area contributed by atoms with Gasteiger partial charge in [-0.2, -0.15) is 13.2 Å². The molecule has 0 saturated carbocycles. The number of nitrogens with one attached hydrogen (secondary N) is 2. The molecule has 3 amide bonds. The molecule has 2 heterocycles. The van der Waals surface area contributed by atoms with Gasteiger partial charge in [-0.25, -0.2) is 9.59 Å². The van der Waals surface area contributed by atoms with Crippen molar-refractivity contribution in [3.05, 3.63) is 47.5 Å². The summed E-state index contributed by atoms with van der Waals surface area (Å²) in [5.41, 5.74) is 5.13. The quantitative estimate of drug-likeness (QED) is 0.629. The van der Waals surface area contributed by atoms with Gasteiger partial charge >= 0.3 is 18.2 Å². The van der Waals surface area contributed by atoms with Crippen LogP contribution in [0.25, 0.3) is 11.1 Å². The molecular formula is C22H22F3N3O5. The van der Waals surface area contributed by atoms with Crippen LogP contribution in [0.5, 0.6) is 5.75 Å². The van der Waals surface area contributed by atoms with E-state index >= 15 is 0 Å². The number of carboxylic acids is 1. The first-order valence-electron chi connectivity index (χ1n) is 10.0. The zero-order valence-corrected chi connectivity index (χ0v) is 17.7. The molecular weight excluding hydrogens is 443 g/mol. The Hall–Kier alpha value is -3.60. The number of nitrogens with zero attached hydrogens (tertiary/aromatic N) is 1. The highest BCUT2D eigenvalue weighted by Gasteiger charge is 2.38. The van der Waals surface area contributed by atoms with Crippen molar-refractivity contribution in [2.75, 3.05) is 24.6 Å². The standard InChI is InChI=1S/C20H21N3O3.C2HF3O2/c1-13-10-14(4-5-17(13)23-8-6-19(24)22-20(23)25)15-2-3-16-12-21-7-9-26-18(16)11-15;3-2(4,5)1(6)7/h2-5,10-11,21H,6-9,12H2,1H3,(H,22,24,25);(H,6,7). The normalized spacial score (nSPS) is 15.9. The first-order valence-corrected chi connectivity index (χ1v) is 10.0. The van der Waals surface area contributed by atoms with Crippen LogP contribution in [0, 0.1) is 6.92 Å². The van der Waals surface area contributed by atoms with Crippen molar-refractivity contribution in [2.45, 2.75) is 26.1 Å². The summed E-state index contributed by atoms with van der Waals surface area (Å²) in [6.07, 6.45) is -4.76. The van der Waals surface area contributed by atoms with Gasteiger partial charge in [0.05, 0.1) is 0 Å². The number of hydrogen-bond acceptors (Lipinski definition) is 5. The van der Waals surface area contributed by atoms with Crippen LogP contribution in [-0.2, 0) is 16.1 Å². The van der Waals surface area contributed by atoms with Crippen molar-refractivity contribution in [2.24, 2.45) is 0 Å².